The van der Waals surface area contributed by atoms with Gasteiger partial charge in [-0.15, -0.1) is 0 Å². The minimum atomic E-state index is 1.14. The molecule has 0 N–H and O–H groups in total. The predicted molar refractivity (Wildman–Crippen MR) is 269 cm³/mol. The van der Waals surface area contributed by atoms with Crippen LogP contribution in [0.3, 0.4) is 0 Å². The standard InChI is InChI=1S/C60H48N2/c1-37-15-19-43(20-16-37)61(47-29-39(3)27-40(4)30-47)45-23-25-53-55(33-45)49-11-7-9-13-51(49)57-36-60-54-26-24-46(34-56(54)50-12-8-10-14-52(50)58(60)35-59(53)57)62(44-21-17-38(2)18-22-44)48-31-41(5)28-42(6)32-48/h7-36H,1-6H3. The van der Waals surface area contributed by atoms with Crippen molar-refractivity contribution in [1.82, 2.24) is 0 Å². The van der Waals surface area contributed by atoms with E-state index < -0.39 is 0 Å². The van der Waals surface area contributed by atoms with Crippen molar-refractivity contribution in [2.24, 2.45) is 0 Å². The molecule has 0 aliphatic rings. The molecule has 0 spiro atoms. The fraction of sp³-hybridized carbons (Fsp3) is 0.100. The molecule has 11 aromatic rings. The summed E-state index contributed by atoms with van der Waals surface area (Å²) in [6.07, 6.45) is 0. The van der Waals surface area contributed by atoms with Gasteiger partial charge < -0.3 is 9.80 Å². The first-order chi connectivity index (χ1) is 30.2. The summed E-state index contributed by atoms with van der Waals surface area (Å²) in [7, 11) is 0. The number of fused-ring (bicyclic) bond motifs is 12. The molecule has 0 fully saturated rings. The number of anilines is 6. The molecule has 0 aromatic heterocycles. The van der Waals surface area contributed by atoms with E-state index in [-0.39, 0.29) is 0 Å². The molecule has 0 bridgehead atoms. The topological polar surface area (TPSA) is 6.48 Å². The average molecular weight is 797 g/mol. The molecule has 0 atom stereocenters. The van der Waals surface area contributed by atoms with Gasteiger partial charge in [-0.1, -0.05) is 108 Å². The Morgan fingerprint density at radius 1 is 0.194 bits per heavy atom. The van der Waals surface area contributed by atoms with Crippen molar-refractivity contribution in [3.8, 4) is 0 Å². The molecule has 11 aromatic carbocycles. The number of aryl methyl sites for hydroxylation is 6. The lowest BCUT2D eigenvalue weighted by atomic mass is 9.88. The minimum Gasteiger partial charge on any atom is -0.310 e. The van der Waals surface area contributed by atoms with Crippen LogP contribution >= 0.6 is 0 Å². The molecule has 62 heavy (non-hydrogen) atoms. The zero-order valence-corrected chi connectivity index (χ0v) is 36.2. The number of rotatable bonds is 6. The second-order valence-corrected chi connectivity index (χ2v) is 17.5. The molecular weight excluding hydrogens is 749 g/mol. The van der Waals surface area contributed by atoms with Crippen LogP contribution in [0, 0.1) is 41.5 Å². The van der Waals surface area contributed by atoms with E-state index in [2.05, 4.69) is 233 Å². The Kier molecular flexibility index (Phi) is 8.87. The summed E-state index contributed by atoms with van der Waals surface area (Å²) in [5.41, 5.74) is 14.4. The molecule has 0 unspecified atom stereocenters. The Bertz CT molecular complexity index is 3300. The molecular formula is C60H48N2. The lowest BCUT2D eigenvalue weighted by Gasteiger charge is -2.27. The first kappa shape index (κ1) is 37.6. The fourth-order valence-corrected chi connectivity index (χ4v) is 10.1. The van der Waals surface area contributed by atoms with Crippen LogP contribution in [0.4, 0.5) is 34.1 Å². The first-order valence-electron chi connectivity index (χ1n) is 21.7. The number of nitrogens with zero attached hydrogens (tertiary/aromatic N) is 2. The minimum absolute atomic E-state index is 1.14. The molecule has 0 radical (unpaired) electrons. The van der Waals surface area contributed by atoms with E-state index in [0.29, 0.717) is 0 Å². The zero-order valence-electron chi connectivity index (χ0n) is 36.2. The summed E-state index contributed by atoms with van der Waals surface area (Å²) in [6.45, 7) is 13.1. The van der Waals surface area contributed by atoms with Gasteiger partial charge in [0.2, 0.25) is 0 Å². The lowest BCUT2D eigenvalue weighted by molar-refractivity contribution is 1.25. The molecule has 11 rings (SSSR count). The van der Waals surface area contributed by atoms with Gasteiger partial charge in [0, 0.05) is 34.1 Å². The highest BCUT2D eigenvalue weighted by atomic mass is 15.1. The van der Waals surface area contributed by atoms with Crippen LogP contribution in [-0.4, -0.2) is 0 Å². The maximum atomic E-state index is 2.48. The van der Waals surface area contributed by atoms with E-state index in [4.69, 9.17) is 0 Å². The Morgan fingerprint density at radius 3 is 0.790 bits per heavy atom. The Hall–Kier alpha value is -7.42. The average Bonchev–Trinajstić information content (AvgIpc) is 3.27. The monoisotopic (exact) mass is 796 g/mol. The van der Waals surface area contributed by atoms with E-state index in [0.717, 1.165) is 22.7 Å². The van der Waals surface area contributed by atoms with Crippen LogP contribution in [0.1, 0.15) is 33.4 Å². The van der Waals surface area contributed by atoms with Crippen molar-refractivity contribution in [3.63, 3.8) is 0 Å². The summed E-state index contributed by atoms with van der Waals surface area (Å²) in [5, 5.41) is 15.2. The van der Waals surface area contributed by atoms with E-state index >= 15 is 0 Å². The molecule has 2 heteroatoms. The second kappa shape index (κ2) is 14.6. The maximum Gasteiger partial charge on any atom is 0.0468 e. The van der Waals surface area contributed by atoms with Crippen LogP contribution in [0.2, 0.25) is 0 Å². The summed E-state index contributed by atoms with van der Waals surface area (Å²) < 4.78 is 0. The zero-order chi connectivity index (χ0) is 42.2. The summed E-state index contributed by atoms with van der Waals surface area (Å²) in [6, 6.07) is 68.6. The van der Waals surface area contributed by atoms with Crippen LogP contribution < -0.4 is 9.80 Å². The quantitative estimate of drug-likeness (QED) is 0.122. The van der Waals surface area contributed by atoms with Gasteiger partial charge in [-0.05, 0) is 213 Å². The molecule has 0 heterocycles. The van der Waals surface area contributed by atoms with Crippen molar-refractivity contribution < 1.29 is 0 Å². The third kappa shape index (κ3) is 6.34. The predicted octanol–water partition coefficient (Wildman–Crippen LogP) is 17.4. The lowest BCUT2D eigenvalue weighted by Crippen LogP contribution is -2.10. The van der Waals surface area contributed by atoms with Crippen LogP contribution in [-0.2, 0) is 0 Å². The van der Waals surface area contributed by atoms with E-state index in [1.54, 1.807) is 0 Å². The van der Waals surface area contributed by atoms with Gasteiger partial charge >= 0.3 is 0 Å². The molecule has 0 amide bonds. The fourth-order valence-electron chi connectivity index (χ4n) is 10.1. The van der Waals surface area contributed by atoms with Crippen molar-refractivity contribution in [2.75, 3.05) is 9.80 Å². The first-order valence-corrected chi connectivity index (χ1v) is 21.7. The third-order valence-electron chi connectivity index (χ3n) is 12.8. The highest BCUT2D eigenvalue weighted by Crippen LogP contribution is 2.46. The van der Waals surface area contributed by atoms with Crippen molar-refractivity contribution in [1.29, 1.82) is 0 Å². The van der Waals surface area contributed by atoms with Gasteiger partial charge in [0.1, 0.15) is 0 Å². The van der Waals surface area contributed by atoms with Crippen molar-refractivity contribution in [3.05, 3.63) is 215 Å². The summed E-state index contributed by atoms with van der Waals surface area (Å²) in [4.78, 5) is 4.82. The Balaban J connectivity index is 1.16. The van der Waals surface area contributed by atoms with Gasteiger partial charge in [-0.25, -0.2) is 0 Å². The normalized spacial score (nSPS) is 11.7. The van der Waals surface area contributed by atoms with Gasteiger partial charge in [0.05, 0.1) is 0 Å². The van der Waals surface area contributed by atoms with Gasteiger partial charge in [0.25, 0.3) is 0 Å². The largest absolute Gasteiger partial charge is 0.310 e. The van der Waals surface area contributed by atoms with Crippen LogP contribution in [0.15, 0.2) is 182 Å². The third-order valence-corrected chi connectivity index (χ3v) is 12.8. The molecule has 2 nitrogen and oxygen atoms in total. The van der Waals surface area contributed by atoms with E-state index in [1.807, 2.05) is 0 Å². The number of hydrogen-bond donors (Lipinski definition) is 0. The van der Waals surface area contributed by atoms with Crippen molar-refractivity contribution in [2.45, 2.75) is 41.5 Å². The smallest absolute Gasteiger partial charge is 0.0468 e. The number of hydrogen-bond acceptors (Lipinski definition) is 2. The molecule has 0 saturated carbocycles. The highest BCUT2D eigenvalue weighted by Gasteiger charge is 2.20. The van der Waals surface area contributed by atoms with E-state index in [9.17, 15) is 0 Å². The molecule has 0 aliphatic heterocycles. The number of benzene rings is 11. The summed E-state index contributed by atoms with van der Waals surface area (Å²) in [5.74, 6) is 0. The Labute approximate surface area is 363 Å². The van der Waals surface area contributed by atoms with Crippen molar-refractivity contribution >= 4 is 98.8 Å². The van der Waals surface area contributed by atoms with E-state index in [1.165, 1.54) is 109 Å². The molecule has 0 aliphatic carbocycles. The second-order valence-electron chi connectivity index (χ2n) is 17.5. The van der Waals surface area contributed by atoms with Gasteiger partial charge in [-0.2, -0.15) is 0 Å². The summed E-state index contributed by atoms with van der Waals surface area (Å²) >= 11 is 0. The Morgan fingerprint density at radius 2 is 0.468 bits per heavy atom. The molecule has 0 saturated heterocycles. The van der Waals surface area contributed by atoms with Gasteiger partial charge in [0.15, 0.2) is 0 Å². The SMILES string of the molecule is Cc1ccc(N(c2cc(C)cc(C)c2)c2ccc3c(c2)c2ccccc2c2cc4c5ccc(N(c6ccc(C)cc6)c6cc(C)cc(C)c6)cc5c5ccccc5c4cc32)cc1. The molecule has 298 valence electrons. The van der Waals surface area contributed by atoms with Crippen LogP contribution in [0.5, 0.6) is 0 Å². The maximum absolute atomic E-state index is 2.48. The van der Waals surface area contributed by atoms with Gasteiger partial charge in [-0.3, -0.25) is 0 Å². The van der Waals surface area contributed by atoms with Crippen LogP contribution in [0.25, 0.3) is 64.6 Å². The highest BCUT2D eigenvalue weighted by molar-refractivity contribution is 6.33.